The molecule has 1 aromatic rings. The average molecular weight is 393 g/mol. The molecular formula is C14H14Cl2N2O3S2. The molecule has 23 heavy (non-hydrogen) atoms. The van der Waals surface area contributed by atoms with Gasteiger partial charge in [-0.05, 0) is 11.6 Å². The topological polar surface area (TPSA) is 66.8 Å². The van der Waals surface area contributed by atoms with E-state index in [1.807, 2.05) is 23.1 Å². The molecule has 1 aromatic carbocycles. The van der Waals surface area contributed by atoms with Crippen molar-refractivity contribution in [2.75, 3.05) is 17.4 Å². The lowest BCUT2D eigenvalue weighted by Gasteiger charge is -2.24. The highest BCUT2D eigenvalue weighted by molar-refractivity contribution is 8.15. The molecule has 0 bridgehead atoms. The second kappa shape index (κ2) is 6.63. The van der Waals surface area contributed by atoms with Gasteiger partial charge in [0, 0.05) is 16.8 Å². The predicted molar refractivity (Wildman–Crippen MR) is 94.0 cm³/mol. The first-order chi connectivity index (χ1) is 10.9. The summed E-state index contributed by atoms with van der Waals surface area (Å²) in [6.07, 6.45) is 0. The molecule has 2 heterocycles. The number of thioether (sulfide) groups is 1. The average Bonchev–Trinajstić information content (AvgIpc) is 2.94. The molecule has 124 valence electrons. The van der Waals surface area contributed by atoms with Crippen LogP contribution in [0.25, 0.3) is 0 Å². The molecular weight excluding hydrogens is 379 g/mol. The summed E-state index contributed by atoms with van der Waals surface area (Å²) in [6.45, 7) is 0.414. The summed E-state index contributed by atoms with van der Waals surface area (Å²) >= 11 is 13.1. The van der Waals surface area contributed by atoms with Crippen LogP contribution in [0.15, 0.2) is 29.3 Å². The van der Waals surface area contributed by atoms with E-state index in [-0.39, 0.29) is 28.7 Å². The minimum Gasteiger partial charge on any atom is -0.342 e. The van der Waals surface area contributed by atoms with Crippen LogP contribution in [0.1, 0.15) is 5.56 Å². The van der Waals surface area contributed by atoms with Gasteiger partial charge in [0.1, 0.15) is 5.88 Å². The third kappa shape index (κ3) is 3.68. The lowest BCUT2D eigenvalue weighted by molar-refractivity contribution is -0.115. The largest absolute Gasteiger partial charge is 0.342 e. The quantitative estimate of drug-likeness (QED) is 0.737. The van der Waals surface area contributed by atoms with Gasteiger partial charge in [-0.25, -0.2) is 8.42 Å². The Kier molecular flexibility index (Phi) is 4.92. The van der Waals surface area contributed by atoms with E-state index in [4.69, 9.17) is 23.2 Å². The number of hydrogen-bond acceptors (Lipinski definition) is 4. The van der Waals surface area contributed by atoms with Crippen LogP contribution in [0.2, 0.25) is 5.02 Å². The SMILES string of the molecule is O=C(CCl)N=C1S[C@H]2CS(=O)(=O)C[C@H]2N1Cc1ccccc1Cl. The van der Waals surface area contributed by atoms with E-state index in [0.29, 0.717) is 16.7 Å². The first-order valence-corrected chi connectivity index (χ1v) is 10.6. The van der Waals surface area contributed by atoms with E-state index in [9.17, 15) is 13.2 Å². The van der Waals surface area contributed by atoms with Gasteiger partial charge in [-0.3, -0.25) is 4.79 Å². The number of hydrogen-bond donors (Lipinski definition) is 0. The molecule has 5 nitrogen and oxygen atoms in total. The van der Waals surface area contributed by atoms with Gasteiger partial charge >= 0.3 is 0 Å². The number of alkyl halides is 1. The van der Waals surface area contributed by atoms with Gasteiger partial charge in [-0.1, -0.05) is 41.6 Å². The lowest BCUT2D eigenvalue weighted by Crippen LogP contribution is -2.37. The van der Waals surface area contributed by atoms with E-state index < -0.39 is 15.7 Å². The van der Waals surface area contributed by atoms with Crippen LogP contribution in [-0.2, 0) is 21.2 Å². The third-order valence-electron chi connectivity index (χ3n) is 3.81. The highest BCUT2D eigenvalue weighted by atomic mass is 35.5. The fraction of sp³-hybridized carbons (Fsp3) is 0.429. The Labute approximate surface area is 149 Å². The summed E-state index contributed by atoms with van der Waals surface area (Å²) in [7, 11) is -3.06. The number of aliphatic imine (C=N–C) groups is 1. The molecule has 2 aliphatic rings. The zero-order valence-electron chi connectivity index (χ0n) is 12.0. The number of nitrogens with zero attached hydrogens (tertiary/aromatic N) is 2. The monoisotopic (exact) mass is 392 g/mol. The Bertz CT molecular complexity index is 767. The first-order valence-electron chi connectivity index (χ1n) is 6.94. The van der Waals surface area contributed by atoms with Crippen molar-refractivity contribution in [1.82, 2.24) is 4.90 Å². The summed E-state index contributed by atoms with van der Waals surface area (Å²) in [5, 5.41) is 1.02. The fourth-order valence-corrected chi connectivity index (χ4v) is 6.99. The Balaban J connectivity index is 1.92. The summed E-state index contributed by atoms with van der Waals surface area (Å²) in [4.78, 5) is 17.5. The normalized spacial score (nSPS) is 27.4. The molecule has 9 heteroatoms. The summed E-state index contributed by atoms with van der Waals surface area (Å²) < 4.78 is 23.8. The number of benzene rings is 1. The Hall–Kier alpha value is -0.760. The summed E-state index contributed by atoms with van der Waals surface area (Å²) in [6, 6.07) is 7.17. The van der Waals surface area contributed by atoms with Gasteiger partial charge < -0.3 is 4.90 Å². The van der Waals surface area contributed by atoms with Crippen LogP contribution in [0.3, 0.4) is 0 Å². The van der Waals surface area contributed by atoms with Gasteiger partial charge in [0.2, 0.25) is 0 Å². The Morgan fingerprint density at radius 2 is 2.09 bits per heavy atom. The molecule has 0 N–H and O–H groups in total. The molecule has 0 aliphatic carbocycles. The van der Waals surface area contributed by atoms with Crippen LogP contribution in [0.5, 0.6) is 0 Å². The van der Waals surface area contributed by atoms with Crippen molar-refractivity contribution in [1.29, 1.82) is 0 Å². The van der Waals surface area contributed by atoms with E-state index in [0.717, 1.165) is 5.56 Å². The van der Waals surface area contributed by atoms with Crippen molar-refractivity contribution in [3.8, 4) is 0 Å². The number of halogens is 2. The maximum absolute atomic E-state index is 11.9. The molecule has 0 unspecified atom stereocenters. The number of amidine groups is 1. The summed E-state index contributed by atoms with van der Waals surface area (Å²) in [5.74, 6) is -0.447. The van der Waals surface area contributed by atoms with Crippen LogP contribution in [-0.4, -0.2) is 53.1 Å². The van der Waals surface area contributed by atoms with E-state index >= 15 is 0 Å². The van der Waals surface area contributed by atoms with Crippen LogP contribution >= 0.6 is 35.0 Å². The highest BCUT2D eigenvalue weighted by Crippen LogP contribution is 2.39. The molecule has 2 saturated heterocycles. The molecule has 2 aliphatic heterocycles. The minimum absolute atomic E-state index is 0.0726. The van der Waals surface area contributed by atoms with Crippen LogP contribution < -0.4 is 0 Å². The standard InChI is InChI=1S/C14H14Cl2N2O3S2/c15-5-13(19)17-14-18(6-9-3-1-2-4-10(9)16)11-7-23(20,21)8-12(11)22-14/h1-4,11-12H,5-8H2/t11-,12+/m1/s1. The predicted octanol–water partition coefficient (Wildman–Crippen LogP) is 2.18. The number of rotatable bonds is 3. The number of carbonyl (C=O) groups is 1. The minimum atomic E-state index is -3.06. The van der Waals surface area contributed by atoms with Crippen molar-refractivity contribution in [3.05, 3.63) is 34.9 Å². The number of fused-ring (bicyclic) bond motifs is 1. The third-order valence-corrected chi connectivity index (χ3v) is 7.65. The van der Waals surface area contributed by atoms with Gasteiger partial charge in [0.15, 0.2) is 15.0 Å². The second-order valence-electron chi connectivity index (χ2n) is 5.44. The maximum Gasteiger partial charge on any atom is 0.262 e. The first kappa shape index (κ1) is 17.1. The highest BCUT2D eigenvalue weighted by Gasteiger charge is 2.48. The number of carbonyl (C=O) groups excluding carboxylic acids is 1. The lowest BCUT2D eigenvalue weighted by atomic mass is 10.1. The molecule has 0 saturated carbocycles. The van der Waals surface area contributed by atoms with Crippen LogP contribution in [0, 0.1) is 0 Å². The maximum atomic E-state index is 11.9. The second-order valence-corrected chi connectivity index (χ2v) is 9.48. The van der Waals surface area contributed by atoms with Crippen molar-refractivity contribution in [2.24, 2.45) is 4.99 Å². The van der Waals surface area contributed by atoms with Crippen molar-refractivity contribution in [3.63, 3.8) is 0 Å². The molecule has 1 amide bonds. The molecule has 0 aromatic heterocycles. The molecule has 2 atom stereocenters. The van der Waals surface area contributed by atoms with Crippen molar-refractivity contribution in [2.45, 2.75) is 17.8 Å². The van der Waals surface area contributed by atoms with E-state index in [2.05, 4.69) is 4.99 Å². The van der Waals surface area contributed by atoms with Gasteiger partial charge in [0.25, 0.3) is 5.91 Å². The molecule has 0 radical (unpaired) electrons. The van der Waals surface area contributed by atoms with E-state index in [1.165, 1.54) is 11.8 Å². The van der Waals surface area contributed by atoms with E-state index in [1.54, 1.807) is 6.07 Å². The van der Waals surface area contributed by atoms with Crippen molar-refractivity contribution >= 4 is 55.9 Å². The summed E-state index contributed by atoms with van der Waals surface area (Å²) in [5.41, 5.74) is 0.866. The molecule has 0 spiro atoms. The Morgan fingerprint density at radius 3 is 2.78 bits per heavy atom. The van der Waals surface area contributed by atoms with Gasteiger partial charge in [-0.2, -0.15) is 4.99 Å². The molecule has 3 rings (SSSR count). The Morgan fingerprint density at radius 1 is 1.35 bits per heavy atom. The fourth-order valence-electron chi connectivity index (χ4n) is 2.77. The number of sulfone groups is 1. The zero-order valence-corrected chi connectivity index (χ0v) is 15.1. The zero-order chi connectivity index (χ0) is 16.6. The van der Waals surface area contributed by atoms with Gasteiger partial charge in [-0.15, -0.1) is 11.6 Å². The van der Waals surface area contributed by atoms with Crippen molar-refractivity contribution < 1.29 is 13.2 Å². The van der Waals surface area contributed by atoms with Crippen LogP contribution in [0.4, 0.5) is 0 Å². The smallest absolute Gasteiger partial charge is 0.262 e. The molecule has 2 fully saturated rings. The number of amides is 1. The van der Waals surface area contributed by atoms with Gasteiger partial charge in [0.05, 0.1) is 17.5 Å².